The zero-order valence-corrected chi connectivity index (χ0v) is 15.6. The predicted octanol–water partition coefficient (Wildman–Crippen LogP) is 4.56. The third kappa shape index (κ3) is 4.75. The van der Waals surface area contributed by atoms with E-state index in [-0.39, 0.29) is 22.5 Å². The number of hydrogen-bond acceptors (Lipinski definition) is 2. The average molecular weight is 403 g/mol. The predicted molar refractivity (Wildman–Crippen MR) is 96.5 cm³/mol. The van der Waals surface area contributed by atoms with E-state index in [2.05, 4.69) is 0 Å². The first-order chi connectivity index (χ1) is 12.8. The molecular formula is C19H22ClF3N2O2. The third-order valence-corrected chi connectivity index (χ3v) is 5.75. The molecule has 1 unspecified atom stereocenters. The van der Waals surface area contributed by atoms with Crippen molar-refractivity contribution in [1.82, 2.24) is 4.90 Å². The fourth-order valence-corrected chi connectivity index (χ4v) is 4.22. The molecule has 2 aliphatic rings. The molecule has 27 heavy (non-hydrogen) atoms. The summed E-state index contributed by atoms with van der Waals surface area (Å²) < 4.78 is 37.0. The molecular weight excluding hydrogens is 381 g/mol. The highest BCUT2D eigenvalue weighted by Gasteiger charge is 2.39. The number of amides is 2. The minimum atomic E-state index is -4.95. The highest BCUT2D eigenvalue weighted by molar-refractivity contribution is 6.31. The van der Waals surface area contributed by atoms with Gasteiger partial charge in [-0.25, -0.2) is 0 Å². The number of carbonyl (C=O) groups is 2. The van der Waals surface area contributed by atoms with Crippen molar-refractivity contribution in [1.29, 1.82) is 0 Å². The SMILES string of the molecule is O=C1C(Cc2ccc(NC(=O)C(F)(F)F)cc2Cl)CCN1C1CCCCC1. The van der Waals surface area contributed by atoms with Gasteiger partial charge in [0.25, 0.3) is 0 Å². The van der Waals surface area contributed by atoms with Crippen LogP contribution in [0.1, 0.15) is 44.1 Å². The van der Waals surface area contributed by atoms with Crippen LogP contribution in [-0.4, -0.2) is 35.5 Å². The molecule has 1 atom stereocenters. The van der Waals surface area contributed by atoms with Gasteiger partial charge in [-0.05, 0) is 43.4 Å². The highest BCUT2D eigenvalue weighted by Crippen LogP contribution is 2.32. The van der Waals surface area contributed by atoms with Crippen molar-refractivity contribution >= 4 is 29.1 Å². The molecule has 1 aliphatic heterocycles. The molecule has 8 heteroatoms. The molecule has 4 nitrogen and oxygen atoms in total. The second-order valence-electron chi connectivity index (χ2n) is 7.27. The van der Waals surface area contributed by atoms with Crippen molar-refractivity contribution in [2.24, 2.45) is 5.92 Å². The van der Waals surface area contributed by atoms with Crippen LogP contribution in [0.15, 0.2) is 18.2 Å². The van der Waals surface area contributed by atoms with Crippen LogP contribution < -0.4 is 5.32 Å². The van der Waals surface area contributed by atoms with Crippen LogP contribution in [-0.2, 0) is 16.0 Å². The van der Waals surface area contributed by atoms with E-state index in [1.54, 1.807) is 11.4 Å². The van der Waals surface area contributed by atoms with Gasteiger partial charge in [-0.1, -0.05) is 36.9 Å². The van der Waals surface area contributed by atoms with Gasteiger partial charge in [-0.2, -0.15) is 13.2 Å². The first-order valence-electron chi connectivity index (χ1n) is 9.23. The molecule has 2 amide bonds. The van der Waals surface area contributed by atoms with Crippen molar-refractivity contribution in [3.05, 3.63) is 28.8 Å². The highest BCUT2D eigenvalue weighted by atomic mass is 35.5. The number of nitrogens with one attached hydrogen (secondary N) is 1. The molecule has 1 heterocycles. The molecule has 0 spiro atoms. The summed E-state index contributed by atoms with van der Waals surface area (Å²) in [4.78, 5) is 25.7. The Balaban J connectivity index is 1.62. The first kappa shape index (κ1) is 20.0. The lowest BCUT2D eigenvalue weighted by Crippen LogP contribution is -2.39. The number of halogens is 4. The summed E-state index contributed by atoms with van der Waals surface area (Å²) in [5, 5.41) is 2.03. The van der Waals surface area contributed by atoms with E-state index < -0.39 is 12.1 Å². The van der Waals surface area contributed by atoms with Crippen LogP contribution in [0.3, 0.4) is 0 Å². The van der Waals surface area contributed by atoms with Crippen LogP contribution in [0.4, 0.5) is 18.9 Å². The summed E-state index contributed by atoms with van der Waals surface area (Å²) in [6.45, 7) is 0.755. The number of benzene rings is 1. The van der Waals surface area contributed by atoms with Crippen molar-refractivity contribution in [2.45, 2.75) is 57.2 Å². The summed E-state index contributed by atoms with van der Waals surface area (Å²) in [6.07, 6.45) is 1.94. The van der Waals surface area contributed by atoms with E-state index >= 15 is 0 Å². The van der Waals surface area contributed by atoms with Gasteiger partial charge in [0.2, 0.25) is 5.91 Å². The number of alkyl halides is 3. The smallest absolute Gasteiger partial charge is 0.339 e. The van der Waals surface area contributed by atoms with Gasteiger partial charge in [-0.15, -0.1) is 0 Å². The molecule has 0 bridgehead atoms. The van der Waals surface area contributed by atoms with E-state index in [1.807, 2.05) is 4.90 Å². The minimum absolute atomic E-state index is 0.0207. The van der Waals surface area contributed by atoms with E-state index in [4.69, 9.17) is 11.6 Å². The maximum absolute atomic E-state index is 12.7. The van der Waals surface area contributed by atoms with Gasteiger partial charge >= 0.3 is 12.1 Å². The molecule has 0 radical (unpaired) electrons. The fraction of sp³-hybridized carbons (Fsp3) is 0.579. The second kappa shape index (κ2) is 8.09. The van der Waals surface area contributed by atoms with Crippen LogP contribution in [0.25, 0.3) is 0 Å². The molecule has 148 valence electrons. The Morgan fingerprint density at radius 1 is 1.19 bits per heavy atom. The number of carbonyl (C=O) groups excluding carboxylic acids is 2. The summed E-state index contributed by atoms with van der Waals surface area (Å²) in [7, 11) is 0. The first-order valence-corrected chi connectivity index (χ1v) is 9.60. The van der Waals surface area contributed by atoms with E-state index in [0.717, 1.165) is 38.6 Å². The van der Waals surface area contributed by atoms with Crippen LogP contribution in [0, 0.1) is 5.92 Å². The Bertz CT molecular complexity index is 717. The normalized spacial score (nSPS) is 21.6. The zero-order chi connectivity index (χ0) is 19.6. The lowest BCUT2D eigenvalue weighted by molar-refractivity contribution is -0.167. The Morgan fingerprint density at radius 3 is 2.52 bits per heavy atom. The molecule has 1 saturated heterocycles. The average Bonchev–Trinajstić information content (AvgIpc) is 2.98. The Kier molecular flexibility index (Phi) is 5.99. The van der Waals surface area contributed by atoms with Gasteiger partial charge in [0, 0.05) is 29.2 Å². The summed E-state index contributed by atoms with van der Waals surface area (Å²) in [5.41, 5.74) is 0.679. The second-order valence-corrected chi connectivity index (χ2v) is 7.68. The number of hydrogen-bond donors (Lipinski definition) is 1. The molecule has 3 rings (SSSR count). The number of anilines is 1. The van der Waals surface area contributed by atoms with Crippen molar-refractivity contribution in [3.8, 4) is 0 Å². The minimum Gasteiger partial charge on any atom is -0.339 e. The van der Waals surface area contributed by atoms with Gasteiger partial charge in [0.15, 0.2) is 0 Å². The van der Waals surface area contributed by atoms with Gasteiger partial charge in [-0.3, -0.25) is 9.59 Å². The summed E-state index contributed by atoms with van der Waals surface area (Å²) in [5.74, 6) is -2.05. The molecule has 2 fully saturated rings. The lowest BCUT2D eigenvalue weighted by Gasteiger charge is -2.31. The number of nitrogens with zero attached hydrogens (tertiary/aromatic N) is 1. The van der Waals surface area contributed by atoms with E-state index in [1.165, 1.54) is 18.6 Å². The topological polar surface area (TPSA) is 49.4 Å². The van der Waals surface area contributed by atoms with Crippen molar-refractivity contribution in [3.63, 3.8) is 0 Å². The molecule has 1 aliphatic carbocycles. The standard InChI is InChI=1S/C19H22ClF3N2O2/c20-16-11-14(24-18(27)19(21,22)23)7-6-12(16)10-13-8-9-25(17(13)26)15-4-2-1-3-5-15/h6-7,11,13,15H,1-5,8-10H2,(H,24,27). The largest absolute Gasteiger partial charge is 0.471 e. The monoisotopic (exact) mass is 402 g/mol. The maximum Gasteiger partial charge on any atom is 0.471 e. The number of likely N-dealkylation sites (tertiary alicyclic amines) is 1. The van der Waals surface area contributed by atoms with E-state index in [0.29, 0.717) is 18.0 Å². The molecule has 1 aromatic rings. The maximum atomic E-state index is 12.7. The van der Waals surface area contributed by atoms with Crippen LogP contribution in [0.2, 0.25) is 5.02 Å². The zero-order valence-electron chi connectivity index (χ0n) is 14.8. The number of rotatable bonds is 4. The Morgan fingerprint density at radius 2 is 1.89 bits per heavy atom. The molecule has 1 N–H and O–H groups in total. The summed E-state index contributed by atoms with van der Waals surface area (Å²) in [6, 6.07) is 4.58. The Labute approximate surface area is 161 Å². The molecule has 1 saturated carbocycles. The quantitative estimate of drug-likeness (QED) is 0.802. The molecule has 0 aromatic heterocycles. The fourth-order valence-electron chi connectivity index (χ4n) is 3.97. The van der Waals surface area contributed by atoms with Crippen LogP contribution >= 0.6 is 11.6 Å². The summed E-state index contributed by atoms with van der Waals surface area (Å²) >= 11 is 6.18. The van der Waals surface area contributed by atoms with Crippen molar-refractivity contribution in [2.75, 3.05) is 11.9 Å². The Hall–Kier alpha value is -1.76. The molecule has 1 aromatic carbocycles. The van der Waals surface area contributed by atoms with Gasteiger partial charge in [0.1, 0.15) is 0 Å². The third-order valence-electron chi connectivity index (χ3n) is 5.40. The van der Waals surface area contributed by atoms with Crippen molar-refractivity contribution < 1.29 is 22.8 Å². The lowest BCUT2D eigenvalue weighted by atomic mass is 9.94. The van der Waals surface area contributed by atoms with Gasteiger partial charge < -0.3 is 10.2 Å². The van der Waals surface area contributed by atoms with E-state index in [9.17, 15) is 22.8 Å². The van der Waals surface area contributed by atoms with Crippen LogP contribution in [0.5, 0.6) is 0 Å². The van der Waals surface area contributed by atoms with Gasteiger partial charge in [0.05, 0.1) is 0 Å².